The summed E-state index contributed by atoms with van der Waals surface area (Å²) in [6.07, 6.45) is 1.62. The van der Waals surface area contributed by atoms with Crippen LogP contribution in [0.5, 0.6) is 11.5 Å². The van der Waals surface area contributed by atoms with Gasteiger partial charge in [-0.25, -0.2) is 9.79 Å². The molecule has 6 nitrogen and oxygen atoms in total. The Morgan fingerprint density at radius 2 is 1.90 bits per heavy atom. The van der Waals surface area contributed by atoms with Crippen LogP contribution in [0.4, 0.5) is 0 Å². The van der Waals surface area contributed by atoms with Crippen LogP contribution in [0.1, 0.15) is 11.1 Å². The molecule has 0 saturated carbocycles. The number of aliphatic imine (C=N–C) groups is 1. The lowest BCUT2D eigenvalue weighted by molar-refractivity contribution is -0.129. The lowest BCUT2D eigenvalue weighted by atomic mass is 10.1. The second-order valence-electron chi connectivity index (χ2n) is 6.26. The highest BCUT2D eigenvalue weighted by Gasteiger charge is 2.24. The third-order valence-electron chi connectivity index (χ3n) is 4.40. The van der Waals surface area contributed by atoms with Gasteiger partial charge in [-0.15, -0.1) is 0 Å². The number of benzene rings is 3. The van der Waals surface area contributed by atoms with Crippen molar-refractivity contribution in [2.75, 3.05) is 13.7 Å². The molecule has 142 valence electrons. The maximum absolute atomic E-state index is 12.3. The van der Waals surface area contributed by atoms with Crippen molar-refractivity contribution in [3.63, 3.8) is 0 Å². The Kier molecular flexibility index (Phi) is 4.95. The van der Waals surface area contributed by atoms with E-state index in [-0.39, 0.29) is 18.2 Å². The lowest BCUT2D eigenvalue weighted by Crippen LogP contribution is -2.05. The number of hydrogen-bond acceptors (Lipinski definition) is 6. The van der Waals surface area contributed by atoms with Crippen molar-refractivity contribution in [2.45, 2.75) is 0 Å². The Morgan fingerprint density at radius 3 is 2.69 bits per heavy atom. The van der Waals surface area contributed by atoms with Crippen LogP contribution in [0.25, 0.3) is 16.8 Å². The zero-order valence-corrected chi connectivity index (χ0v) is 15.6. The van der Waals surface area contributed by atoms with Gasteiger partial charge in [0.1, 0.15) is 6.07 Å². The number of methoxy groups -OCH3 is 1. The highest BCUT2D eigenvalue weighted by Crippen LogP contribution is 2.30. The Morgan fingerprint density at radius 1 is 1.07 bits per heavy atom. The zero-order chi connectivity index (χ0) is 20.2. The van der Waals surface area contributed by atoms with E-state index in [1.165, 1.54) is 7.11 Å². The van der Waals surface area contributed by atoms with Gasteiger partial charge in [0.2, 0.25) is 5.90 Å². The van der Waals surface area contributed by atoms with E-state index in [0.29, 0.717) is 17.1 Å². The van der Waals surface area contributed by atoms with Crippen molar-refractivity contribution < 1.29 is 19.0 Å². The fraction of sp³-hybridized carbons (Fsp3) is 0.0870. The molecule has 0 unspecified atom stereocenters. The van der Waals surface area contributed by atoms with E-state index < -0.39 is 5.97 Å². The van der Waals surface area contributed by atoms with Crippen LogP contribution >= 0.6 is 0 Å². The number of esters is 1. The molecular weight excluding hydrogens is 368 g/mol. The Labute approximate surface area is 167 Å². The number of carbonyl (C=O) groups excluding carboxylic acids is 1. The maximum atomic E-state index is 12.3. The smallest absolute Gasteiger partial charge is 0.363 e. The van der Waals surface area contributed by atoms with Crippen molar-refractivity contribution in [3.8, 4) is 17.6 Å². The van der Waals surface area contributed by atoms with Gasteiger partial charge in [-0.1, -0.05) is 36.4 Å². The third-order valence-corrected chi connectivity index (χ3v) is 4.40. The largest absolute Gasteiger partial charge is 0.493 e. The van der Waals surface area contributed by atoms with Crippen LogP contribution in [0, 0.1) is 11.3 Å². The van der Waals surface area contributed by atoms with E-state index in [4.69, 9.17) is 19.5 Å². The second kappa shape index (κ2) is 7.87. The van der Waals surface area contributed by atoms with E-state index >= 15 is 0 Å². The van der Waals surface area contributed by atoms with Gasteiger partial charge in [-0.3, -0.25) is 0 Å². The van der Waals surface area contributed by atoms with E-state index in [1.54, 1.807) is 24.3 Å². The first-order valence-electron chi connectivity index (χ1n) is 8.87. The predicted octanol–water partition coefficient (Wildman–Crippen LogP) is 4.10. The maximum Gasteiger partial charge on any atom is 0.363 e. The van der Waals surface area contributed by atoms with Crippen LogP contribution in [0.15, 0.2) is 71.4 Å². The van der Waals surface area contributed by atoms with Crippen molar-refractivity contribution in [3.05, 3.63) is 77.5 Å². The van der Waals surface area contributed by atoms with Crippen LogP contribution in [-0.2, 0) is 9.53 Å². The summed E-state index contributed by atoms with van der Waals surface area (Å²) in [7, 11) is 1.51. The number of cyclic esters (lactones) is 1. The molecule has 0 fully saturated rings. The first-order valence-corrected chi connectivity index (χ1v) is 8.87. The first-order chi connectivity index (χ1) is 14.2. The normalized spacial score (nSPS) is 14.4. The van der Waals surface area contributed by atoms with E-state index in [1.807, 2.05) is 48.5 Å². The SMILES string of the molecule is COc1cc(C=C2N=C(c3ccc4ccccc4c3)OC2=O)ccc1OCC#N. The molecule has 0 aromatic heterocycles. The minimum Gasteiger partial charge on any atom is -0.493 e. The van der Waals surface area contributed by atoms with Crippen molar-refractivity contribution >= 4 is 28.7 Å². The number of hydrogen-bond donors (Lipinski definition) is 0. The summed E-state index contributed by atoms with van der Waals surface area (Å²) in [5, 5.41) is 10.8. The number of fused-ring (bicyclic) bond motifs is 1. The molecule has 0 atom stereocenters. The molecule has 1 aliphatic rings. The van der Waals surface area contributed by atoms with Gasteiger partial charge in [-0.05, 0) is 46.7 Å². The van der Waals surface area contributed by atoms with Gasteiger partial charge in [0.15, 0.2) is 23.8 Å². The molecule has 0 aliphatic carbocycles. The predicted molar refractivity (Wildman–Crippen MR) is 109 cm³/mol. The van der Waals surface area contributed by atoms with Crippen LogP contribution in [0.3, 0.4) is 0 Å². The zero-order valence-electron chi connectivity index (χ0n) is 15.6. The van der Waals surface area contributed by atoms with Crippen LogP contribution in [0.2, 0.25) is 0 Å². The van der Waals surface area contributed by atoms with Crippen LogP contribution < -0.4 is 9.47 Å². The summed E-state index contributed by atoms with van der Waals surface area (Å²) in [6, 6.07) is 20.8. The van der Waals surface area contributed by atoms with Crippen LogP contribution in [-0.4, -0.2) is 25.6 Å². The molecule has 0 N–H and O–H groups in total. The summed E-state index contributed by atoms with van der Waals surface area (Å²) >= 11 is 0. The molecule has 6 heteroatoms. The Hall–Kier alpha value is -4.11. The molecule has 0 amide bonds. The molecule has 3 aromatic carbocycles. The average molecular weight is 384 g/mol. The number of rotatable bonds is 5. The highest BCUT2D eigenvalue weighted by atomic mass is 16.6. The first kappa shape index (κ1) is 18.3. The van der Waals surface area contributed by atoms with Gasteiger partial charge in [0, 0.05) is 5.56 Å². The second-order valence-corrected chi connectivity index (χ2v) is 6.26. The fourth-order valence-electron chi connectivity index (χ4n) is 3.02. The minimum absolute atomic E-state index is 0.0808. The molecular formula is C23H16N2O4. The summed E-state index contributed by atoms with van der Waals surface area (Å²) in [4.78, 5) is 16.7. The standard InChI is InChI=1S/C23H16N2O4/c1-27-21-13-15(6-9-20(21)28-11-10-24)12-19-23(26)29-22(25-19)18-8-7-16-4-2-3-5-17(16)14-18/h2-9,12-14H,11H2,1H3. The molecule has 4 rings (SSSR count). The third kappa shape index (κ3) is 3.80. The molecule has 29 heavy (non-hydrogen) atoms. The molecule has 1 heterocycles. The number of nitriles is 1. The molecule has 0 spiro atoms. The minimum atomic E-state index is -0.517. The van der Waals surface area contributed by atoms with E-state index in [0.717, 1.165) is 16.3 Å². The number of ether oxygens (including phenoxy) is 3. The lowest BCUT2D eigenvalue weighted by Gasteiger charge is -2.08. The molecule has 1 aliphatic heterocycles. The van der Waals surface area contributed by atoms with Gasteiger partial charge in [0.25, 0.3) is 0 Å². The summed E-state index contributed by atoms with van der Waals surface area (Å²) in [5.74, 6) is 0.662. The monoisotopic (exact) mass is 384 g/mol. The molecule has 0 saturated heterocycles. The van der Waals surface area contributed by atoms with Gasteiger partial charge < -0.3 is 14.2 Å². The number of carbonyl (C=O) groups is 1. The Balaban J connectivity index is 1.64. The molecule has 3 aromatic rings. The highest BCUT2D eigenvalue weighted by molar-refractivity contribution is 6.13. The summed E-state index contributed by atoms with van der Waals surface area (Å²) in [5.41, 5.74) is 1.63. The van der Waals surface area contributed by atoms with Crippen molar-refractivity contribution in [2.24, 2.45) is 4.99 Å². The quantitative estimate of drug-likeness (QED) is 0.489. The van der Waals surface area contributed by atoms with E-state index in [9.17, 15) is 4.79 Å². The fourth-order valence-corrected chi connectivity index (χ4v) is 3.02. The molecule has 0 radical (unpaired) electrons. The van der Waals surface area contributed by atoms with Crippen molar-refractivity contribution in [1.82, 2.24) is 0 Å². The van der Waals surface area contributed by atoms with Gasteiger partial charge >= 0.3 is 5.97 Å². The number of nitrogens with zero attached hydrogens (tertiary/aromatic N) is 2. The topological polar surface area (TPSA) is 80.9 Å². The Bertz CT molecular complexity index is 1200. The van der Waals surface area contributed by atoms with Crippen molar-refractivity contribution in [1.29, 1.82) is 5.26 Å². The van der Waals surface area contributed by atoms with Gasteiger partial charge in [-0.2, -0.15) is 5.26 Å². The van der Waals surface area contributed by atoms with Gasteiger partial charge in [0.05, 0.1) is 7.11 Å². The van der Waals surface area contributed by atoms with E-state index in [2.05, 4.69) is 4.99 Å². The summed E-state index contributed by atoms with van der Waals surface area (Å²) in [6.45, 7) is -0.0808. The summed E-state index contributed by atoms with van der Waals surface area (Å²) < 4.78 is 16.0. The molecule has 0 bridgehead atoms. The average Bonchev–Trinajstić information content (AvgIpc) is 3.12.